The molecule has 0 unspecified atom stereocenters. The van der Waals surface area contributed by atoms with Gasteiger partial charge in [-0.3, -0.25) is 14.4 Å². The largest absolute Gasteiger partial charge is 0.426 e. The fourth-order valence-electron chi connectivity index (χ4n) is 2.29. The third kappa shape index (κ3) is 6.04. The number of Topliss-reactive ketones (excluding diaryl/α,β-unsaturated/α-hetero) is 1. The van der Waals surface area contributed by atoms with Gasteiger partial charge in [0.15, 0.2) is 5.78 Å². The lowest BCUT2D eigenvalue weighted by Crippen LogP contribution is -2.17. The number of esters is 1. The molecule has 0 atom stereocenters. The highest BCUT2D eigenvalue weighted by atomic mass is 32.2. The van der Waals surface area contributed by atoms with Crippen molar-refractivity contribution in [1.29, 1.82) is 0 Å². The zero-order chi connectivity index (χ0) is 19.1. The zero-order valence-electron chi connectivity index (χ0n) is 15.0. The second-order valence-electron chi connectivity index (χ2n) is 5.91. The van der Waals surface area contributed by atoms with Crippen LogP contribution in [0.2, 0.25) is 0 Å². The molecular formula is C20H21NO4S. The Kier molecular flexibility index (Phi) is 6.97. The predicted molar refractivity (Wildman–Crippen MR) is 104 cm³/mol. The first-order valence-electron chi connectivity index (χ1n) is 8.11. The molecule has 6 heteroatoms. The highest BCUT2D eigenvalue weighted by Crippen LogP contribution is 2.17. The van der Waals surface area contributed by atoms with Crippen LogP contribution in [0.3, 0.4) is 0 Å². The Morgan fingerprint density at radius 2 is 1.69 bits per heavy atom. The van der Waals surface area contributed by atoms with Crippen LogP contribution in [0.5, 0.6) is 5.75 Å². The molecule has 1 amide bonds. The van der Waals surface area contributed by atoms with E-state index in [2.05, 4.69) is 5.32 Å². The zero-order valence-corrected chi connectivity index (χ0v) is 15.8. The lowest BCUT2D eigenvalue weighted by Gasteiger charge is -2.09. The van der Waals surface area contributed by atoms with Crippen LogP contribution in [-0.2, 0) is 9.59 Å². The summed E-state index contributed by atoms with van der Waals surface area (Å²) in [7, 11) is 0. The maximum atomic E-state index is 12.0. The molecule has 26 heavy (non-hydrogen) atoms. The fourth-order valence-corrected chi connectivity index (χ4v) is 2.87. The minimum Gasteiger partial charge on any atom is -0.426 e. The van der Waals surface area contributed by atoms with Crippen molar-refractivity contribution in [2.45, 2.75) is 20.8 Å². The summed E-state index contributed by atoms with van der Waals surface area (Å²) in [4.78, 5) is 35.0. The van der Waals surface area contributed by atoms with Crippen molar-refractivity contribution in [3.05, 3.63) is 59.2 Å². The predicted octanol–water partition coefficient (Wildman–Crippen LogP) is 3.78. The van der Waals surface area contributed by atoms with E-state index in [4.69, 9.17) is 4.74 Å². The topological polar surface area (TPSA) is 72.5 Å². The van der Waals surface area contributed by atoms with Gasteiger partial charge >= 0.3 is 5.97 Å². The Morgan fingerprint density at radius 1 is 1.00 bits per heavy atom. The number of aryl methyl sites for hydroxylation is 2. The van der Waals surface area contributed by atoms with Crippen LogP contribution in [0.4, 0.5) is 5.69 Å². The fraction of sp³-hybridized carbons (Fsp3) is 0.250. The highest BCUT2D eigenvalue weighted by molar-refractivity contribution is 8.00. The molecule has 0 radical (unpaired) electrons. The number of thioether (sulfide) groups is 1. The molecule has 0 aromatic heterocycles. The van der Waals surface area contributed by atoms with Gasteiger partial charge in [-0.1, -0.05) is 17.7 Å². The summed E-state index contributed by atoms with van der Waals surface area (Å²) in [6, 6.07) is 12.2. The first-order chi connectivity index (χ1) is 12.3. The second kappa shape index (κ2) is 9.20. The Hall–Kier alpha value is -2.60. The number of amides is 1. The summed E-state index contributed by atoms with van der Waals surface area (Å²) in [5.74, 6) is -0.0560. The molecule has 0 aliphatic heterocycles. The molecule has 0 fully saturated rings. The molecule has 1 N–H and O–H groups in total. The smallest absolute Gasteiger partial charge is 0.321 e. The van der Waals surface area contributed by atoms with Crippen molar-refractivity contribution in [1.82, 2.24) is 0 Å². The van der Waals surface area contributed by atoms with E-state index in [0.29, 0.717) is 11.3 Å². The van der Waals surface area contributed by atoms with Gasteiger partial charge in [0.05, 0.1) is 11.5 Å². The Balaban J connectivity index is 1.75. The van der Waals surface area contributed by atoms with E-state index in [9.17, 15) is 14.4 Å². The quantitative estimate of drug-likeness (QED) is 0.455. The lowest BCUT2D eigenvalue weighted by molar-refractivity contribution is -0.131. The van der Waals surface area contributed by atoms with Gasteiger partial charge in [-0.2, -0.15) is 0 Å². The number of nitrogens with one attached hydrogen (secondary N) is 1. The standard InChI is InChI=1S/C20H21NO4S/c1-13-4-9-18(14(2)10-13)21-19(23)11-26-12-20(24)25-17-7-5-16(6-8-17)15(3)22/h4-10H,11-12H2,1-3H3,(H,21,23). The van der Waals surface area contributed by atoms with Crippen molar-refractivity contribution in [2.75, 3.05) is 16.8 Å². The van der Waals surface area contributed by atoms with Crippen LogP contribution in [-0.4, -0.2) is 29.2 Å². The number of carbonyl (C=O) groups is 3. The van der Waals surface area contributed by atoms with Gasteiger partial charge < -0.3 is 10.1 Å². The molecule has 0 heterocycles. The molecule has 0 aliphatic rings. The van der Waals surface area contributed by atoms with Crippen LogP contribution in [0, 0.1) is 13.8 Å². The van der Waals surface area contributed by atoms with E-state index in [0.717, 1.165) is 16.8 Å². The Labute approximate surface area is 157 Å². The number of anilines is 1. The van der Waals surface area contributed by atoms with Crippen LogP contribution >= 0.6 is 11.8 Å². The van der Waals surface area contributed by atoms with E-state index >= 15 is 0 Å². The summed E-state index contributed by atoms with van der Waals surface area (Å²) in [6.45, 7) is 5.40. The third-order valence-electron chi connectivity index (χ3n) is 3.60. The number of hydrogen-bond acceptors (Lipinski definition) is 5. The van der Waals surface area contributed by atoms with Gasteiger partial charge in [-0.25, -0.2) is 0 Å². The van der Waals surface area contributed by atoms with E-state index < -0.39 is 5.97 Å². The molecule has 0 aliphatic carbocycles. The average Bonchev–Trinajstić information content (AvgIpc) is 2.58. The van der Waals surface area contributed by atoms with E-state index in [1.54, 1.807) is 24.3 Å². The van der Waals surface area contributed by atoms with Gasteiger partial charge in [-0.05, 0) is 56.7 Å². The van der Waals surface area contributed by atoms with Gasteiger partial charge in [0.1, 0.15) is 5.75 Å². The van der Waals surface area contributed by atoms with E-state index in [1.165, 1.54) is 18.7 Å². The van der Waals surface area contributed by atoms with Crippen LogP contribution in [0.25, 0.3) is 0 Å². The molecular weight excluding hydrogens is 350 g/mol. The molecule has 5 nitrogen and oxygen atoms in total. The molecule has 136 valence electrons. The average molecular weight is 371 g/mol. The maximum Gasteiger partial charge on any atom is 0.321 e. The maximum absolute atomic E-state index is 12.0. The molecule has 2 aromatic carbocycles. The number of ketones is 1. The Bertz CT molecular complexity index is 815. The summed E-state index contributed by atoms with van der Waals surface area (Å²) in [5.41, 5.74) is 3.46. The lowest BCUT2D eigenvalue weighted by atomic mass is 10.1. The summed E-state index contributed by atoms with van der Waals surface area (Å²) in [5, 5.41) is 2.83. The number of rotatable bonds is 7. The minimum absolute atomic E-state index is 0.0479. The number of ether oxygens (including phenoxy) is 1. The summed E-state index contributed by atoms with van der Waals surface area (Å²) in [6.07, 6.45) is 0. The van der Waals surface area contributed by atoms with Crippen LogP contribution in [0.1, 0.15) is 28.4 Å². The molecule has 2 rings (SSSR count). The number of carbonyl (C=O) groups excluding carboxylic acids is 3. The van der Waals surface area contributed by atoms with Crippen molar-refractivity contribution in [2.24, 2.45) is 0 Å². The molecule has 0 saturated carbocycles. The molecule has 0 bridgehead atoms. The highest BCUT2D eigenvalue weighted by Gasteiger charge is 2.09. The van der Waals surface area contributed by atoms with E-state index in [1.807, 2.05) is 32.0 Å². The van der Waals surface area contributed by atoms with Gasteiger partial charge in [0, 0.05) is 11.3 Å². The van der Waals surface area contributed by atoms with Crippen molar-refractivity contribution >= 4 is 35.1 Å². The molecule has 0 saturated heterocycles. The van der Waals surface area contributed by atoms with Crippen LogP contribution in [0.15, 0.2) is 42.5 Å². The van der Waals surface area contributed by atoms with E-state index in [-0.39, 0.29) is 23.2 Å². The van der Waals surface area contributed by atoms with Gasteiger partial charge in [0.2, 0.25) is 5.91 Å². The van der Waals surface area contributed by atoms with Gasteiger partial charge in [-0.15, -0.1) is 11.8 Å². The summed E-state index contributed by atoms with van der Waals surface area (Å²) < 4.78 is 5.18. The monoisotopic (exact) mass is 371 g/mol. The minimum atomic E-state index is -0.440. The SMILES string of the molecule is CC(=O)c1ccc(OC(=O)CSCC(=O)Nc2ccc(C)cc2C)cc1. The normalized spacial score (nSPS) is 10.3. The first-order valence-corrected chi connectivity index (χ1v) is 9.27. The first kappa shape index (κ1) is 19.7. The molecule has 2 aromatic rings. The van der Waals surface area contributed by atoms with Crippen molar-refractivity contribution in [3.8, 4) is 5.75 Å². The van der Waals surface area contributed by atoms with Gasteiger partial charge in [0.25, 0.3) is 0 Å². The Morgan fingerprint density at radius 3 is 2.31 bits per heavy atom. The molecule has 0 spiro atoms. The number of hydrogen-bond donors (Lipinski definition) is 1. The third-order valence-corrected chi connectivity index (χ3v) is 4.51. The number of benzene rings is 2. The van der Waals surface area contributed by atoms with Crippen LogP contribution < -0.4 is 10.1 Å². The van der Waals surface area contributed by atoms with Crippen molar-refractivity contribution < 1.29 is 19.1 Å². The van der Waals surface area contributed by atoms with Crippen molar-refractivity contribution in [3.63, 3.8) is 0 Å². The second-order valence-corrected chi connectivity index (χ2v) is 6.90. The summed E-state index contributed by atoms with van der Waals surface area (Å²) >= 11 is 1.18.